The lowest BCUT2D eigenvalue weighted by atomic mass is 10.0. The highest BCUT2D eigenvalue weighted by Crippen LogP contribution is 2.23. The van der Waals surface area contributed by atoms with Crippen LogP contribution < -0.4 is 10.2 Å². The number of nitrogens with one attached hydrogen (secondary N) is 1. The van der Waals surface area contributed by atoms with E-state index in [4.69, 9.17) is 6.42 Å². The maximum atomic E-state index is 12.6. The number of nitrogens with zero attached hydrogens (tertiary/aromatic N) is 2. The van der Waals surface area contributed by atoms with E-state index in [9.17, 15) is 4.79 Å². The van der Waals surface area contributed by atoms with Gasteiger partial charge in [0, 0.05) is 25.3 Å². The van der Waals surface area contributed by atoms with Gasteiger partial charge in [0.15, 0.2) is 0 Å². The minimum atomic E-state index is -0.0403. The molecule has 2 fully saturated rings. The molecule has 0 radical (unpaired) electrons. The Kier molecular flexibility index (Phi) is 5.77. The van der Waals surface area contributed by atoms with Gasteiger partial charge in [-0.3, -0.25) is 9.69 Å². The van der Waals surface area contributed by atoms with Crippen LogP contribution in [-0.4, -0.2) is 49.6 Å². The van der Waals surface area contributed by atoms with Crippen LogP contribution >= 0.6 is 0 Å². The van der Waals surface area contributed by atoms with E-state index in [1.807, 2.05) is 6.07 Å². The lowest BCUT2D eigenvalue weighted by Gasteiger charge is -2.33. The van der Waals surface area contributed by atoms with Gasteiger partial charge < -0.3 is 10.2 Å². The van der Waals surface area contributed by atoms with E-state index >= 15 is 0 Å². The van der Waals surface area contributed by atoms with Crippen molar-refractivity contribution in [1.82, 2.24) is 10.2 Å². The van der Waals surface area contributed by atoms with Crippen LogP contribution in [0.3, 0.4) is 0 Å². The fourth-order valence-electron chi connectivity index (χ4n) is 3.83. The fourth-order valence-corrected chi connectivity index (χ4v) is 3.83. The first-order chi connectivity index (χ1) is 11.8. The minimum Gasteiger partial charge on any atom is -0.371 e. The third kappa shape index (κ3) is 4.10. The maximum Gasteiger partial charge on any atom is 0.237 e. The highest BCUT2D eigenvalue weighted by Gasteiger charge is 2.29. The first-order valence-electron chi connectivity index (χ1n) is 9.03. The van der Waals surface area contributed by atoms with Crippen molar-refractivity contribution < 1.29 is 4.79 Å². The molecule has 0 aliphatic carbocycles. The number of hydrogen-bond donors (Lipinski definition) is 1. The van der Waals surface area contributed by atoms with Gasteiger partial charge in [-0.1, -0.05) is 30.5 Å². The molecule has 1 aromatic carbocycles. The highest BCUT2D eigenvalue weighted by molar-refractivity contribution is 5.81. The Morgan fingerprint density at radius 1 is 1.21 bits per heavy atom. The van der Waals surface area contributed by atoms with Crippen LogP contribution in [0.15, 0.2) is 30.3 Å². The van der Waals surface area contributed by atoms with Gasteiger partial charge in [-0.05, 0) is 43.9 Å². The Hall–Kier alpha value is -1.99. The second-order valence-corrected chi connectivity index (χ2v) is 6.87. The van der Waals surface area contributed by atoms with Gasteiger partial charge in [0.05, 0.1) is 12.6 Å². The molecule has 0 bridgehead atoms. The largest absolute Gasteiger partial charge is 0.371 e. The Labute approximate surface area is 145 Å². The highest BCUT2D eigenvalue weighted by atomic mass is 16.2. The Morgan fingerprint density at radius 3 is 2.83 bits per heavy atom. The molecule has 2 aliphatic rings. The Bertz CT molecular complexity index is 580. The van der Waals surface area contributed by atoms with Crippen LogP contribution in [0.1, 0.15) is 25.7 Å². The fraction of sp³-hybridized carbons (Fsp3) is 0.550. The predicted molar refractivity (Wildman–Crippen MR) is 97.8 cm³/mol. The van der Waals surface area contributed by atoms with E-state index in [-0.39, 0.29) is 11.9 Å². The van der Waals surface area contributed by atoms with E-state index in [0.29, 0.717) is 12.5 Å². The third-order valence-corrected chi connectivity index (χ3v) is 5.18. The van der Waals surface area contributed by atoms with Gasteiger partial charge in [0.25, 0.3) is 0 Å². The molecule has 1 N–H and O–H groups in total. The summed E-state index contributed by atoms with van der Waals surface area (Å²) in [6, 6.07) is 10.5. The summed E-state index contributed by atoms with van der Waals surface area (Å²) < 4.78 is 0. The molecule has 4 nitrogen and oxygen atoms in total. The number of benzene rings is 1. The molecule has 2 saturated heterocycles. The molecule has 1 amide bonds. The molecule has 0 saturated carbocycles. The first kappa shape index (κ1) is 16.9. The van der Waals surface area contributed by atoms with Gasteiger partial charge in [-0.15, -0.1) is 6.42 Å². The number of carbonyl (C=O) groups excluding carboxylic acids is 1. The monoisotopic (exact) mass is 325 g/mol. The standard InChI is InChI=1S/C20H27N3O/c1-2-12-22-13-7-6-10-19(22)20(24)21-15-17-11-14-23(16-17)18-8-4-3-5-9-18/h1,3-5,8-9,17,19H,6-7,10-16H2,(H,21,24)/t17-,19-/m0/s1. The van der Waals surface area contributed by atoms with Crippen molar-refractivity contribution in [2.24, 2.45) is 5.92 Å². The molecule has 3 rings (SSSR count). The topological polar surface area (TPSA) is 35.6 Å². The predicted octanol–water partition coefficient (Wildman–Crippen LogP) is 2.12. The number of anilines is 1. The molecule has 2 heterocycles. The zero-order valence-corrected chi connectivity index (χ0v) is 14.3. The average Bonchev–Trinajstić information content (AvgIpc) is 3.10. The molecule has 24 heavy (non-hydrogen) atoms. The molecule has 128 valence electrons. The lowest BCUT2D eigenvalue weighted by molar-refractivity contribution is -0.127. The number of rotatable bonds is 5. The molecule has 0 unspecified atom stereocenters. The summed E-state index contributed by atoms with van der Waals surface area (Å²) in [6.45, 7) is 4.36. The number of piperidine rings is 1. The van der Waals surface area contributed by atoms with Crippen LogP contribution in [0.2, 0.25) is 0 Å². The molecule has 0 spiro atoms. The molecular weight excluding hydrogens is 298 g/mol. The van der Waals surface area contributed by atoms with E-state index in [0.717, 1.165) is 51.9 Å². The zero-order chi connectivity index (χ0) is 16.8. The summed E-state index contributed by atoms with van der Waals surface area (Å²) >= 11 is 0. The second kappa shape index (κ2) is 8.21. The van der Waals surface area contributed by atoms with Gasteiger partial charge in [-0.2, -0.15) is 0 Å². The number of carbonyl (C=O) groups is 1. The molecule has 0 aromatic heterocycles. The first-order valence-corrected chi connectivity index (χ1v) is 9.03. The van der Waals surface area contributed by atoms with Crippen LogP contribution in [-0.2, 0) is 4.79 Å². The number of amides is 1. The van der Waals surface area contributed by atoms with Gasteiger partial charge in [0.2, 0.25) is 5.91 Å². The number of terminal acetylenes is 1. The average molecular weight is 325 g/mol. The van der Waals surface area contributed by atoms with E-state index < -0.39 is 0 Å². The van der Waals surface area contributed by atoms with E-state index in [1.54, 1.807) is 0 Å². The van der Waals surface area contributed by atoms with Crippen molar-refractivity contribution in [1.29, 1.82) is 0 Å². The Balaban J connectivity index is 1.47. The summed E-state index contributed by atoms with van der Waals surface area (Å²) in [5.41, 5.74) is 1.28. The van der Waals surface area contributed by atoms with Gasteiger partial charge >= 0.3 is 0 Å². The molecule has 4 heteroatoms. The summed E-state index contributed by atoms with van der Waals surface area (Å²) in [5.74, 6) is 3.37. The van der Waals surface area contributed by atoms with Gasteiger partial charge in [0.1, 0.15) is 0 Å². The van der Waals surface area contributed by atoms with Crippen LogP contribution in [0, 0.1) is 18.3 Å². The second-order valence-electron chi connectivity index (χ2n) is 6.87. The van der Waals surface area contributed by atoms with Crippen molar-refractivity contribution in [2.45, 2.75) is 31.7 Å². The van der Waals surface area contributed by atoms with Crippen LogP contribution in [0.5, 0.6) is 0 Å². The van der Waals surface area contributed by atoms with Crippen molar-refractivity contribution in [3.63, 3.8) is 0 Å². The Morgan fingerprint density at radius 2 is 2.04 bits per heavy atom. The molecule has 1 aromatic rings. The van der Waals surface area contributed by atoms with Crippen molar-refractivity contribution in [2.75, 3.05) is 37.6 Å². The third-order valence-electron chi connectivity index (χ3n) is 5.18. The smallest absolute Gasteiger partial charge is 0.237 e. The van der Waals surface area contributed by atoms with Crippen molar-refractivity contribution >= 4 is 11.6 Å². The quantitative estimate of drug-likeness (QED) is 0.842. The molecular formula is C20H27N3O. The van der Waals surface area contributed by atoms with Crippen molar-refractivity contribution in [3.8, 4) is 12.3 Å². The number of likely N-dealkylation sites (tertiary alicyclic amines) is 1. The zero-order valence-electron chi connectivity index (χ0n) is 14.3. The van der Waals surface area contributed by atoms with E-state index in [1.165, 1.54) is 5.69 Å². The van der Waals surface area contributed by atoms with Crippen LogP contribution in [0.4, 0.5) is 5.69 Å². The number of para-hydroxylation sites is 1. The number of hydrogen-bond acceptors (Lipinski definition) is 3. The summed E-state index contributed by atoms with van der Waals surface area (Å²) in [4.78, 5) is 17.1. The molecule has 2 aliphatic heterocycles. The SMILES string of the molecule is C#CCN1CCCC[C@H]1C(=O)NC[C@@H]1CCN(c2ccccc2)C1. The lowest BCUT2D eigenvalue weighted by Crippen LogP contribution is -2.50. The minimum absolute atomic E-state index is 0.0403. The maximum absolute atomic E-state index is 12.6. The summed E-state index contributed by atoms with van der Waals surface area (Å²) in [6.07, 6.45) is 9.75. The normalized spacial score (nSPS) is 24.5. The van der Waals surface area contributed by atoms with Gasteiger partial charge in [-0.25, -0.2) is 0 Å². The summed E-state index contributed by atoms with van der Waals surface area (Å²) in [7, 11) is 0. The summed E-state index contributed by atoms with van der Waals surface area (Å²) in [5, 5.41) is 3.18. The van der Waals surface area contributed by atoms with Crippen LogP contribution in [0.25, 0.3) is 0 Å². The van der Waals surface area contributed by atoms with Crippen molar-refractivity contribution in [3.05, 3.63) is 30.3 Å². The van der Waals surface area contributed by atoms with E-state index in [2.05, 4.69) is 45.3 Å². The molecule has 2 atom stereocenters.